The lowest BCUT2D eigenvalue weighted by Gasteiger charge is -2.36. The molecule has 0 aromatic heterocycles. The van der Waals surface area contributed by atoms with Crippen molar-refractivity contribution in [3.05, 3.63) is 35.6 Å². The Morgan fingerprint density at radius 3 is 2.38 bits per heavy atom. The number of likely N-dealkylation sites (tertiary alicyclic amines) is 1. The third-order valence-electron chi connectivity index (χ3n) is 5.41. The van der Waals surface area contributed by atoms with Crippen LogP contribution in [0.4, 0.5) is 9.18 Å². The summed E-state index contributed by atoms with van der Waals surface area (Å²) in [5.74, 6) is 0.325. The van der Waals surface area contributed by atoms with Gasteiger partial charge < -0.3 is 15.5 Å². The number of hydrogen-bond acceptors (Lipinski definition) is 2. The molecule has 0 unspecified atom stereocenters. The Bertz CT molecular complexity index is 520. The van der Waals surface area contributed by atoms with Gasteiger partial charge in [0.05, 0.1) is 0 Å². The Morgan fingerprint density at radius 1 is 1.04 bits per heavy atom. The van der Waals surface area contributed by atoms with Gasteiger partial charge in [-0.3, -0.25) is 0 Å². The summed E-state index contributed by atoms with van der Waals surface area (Å²) < 4.78 is 12.8. The molecule has 4 nitrogen and oxygen atoms in total. The lowest BCUT2D eigenvalue weighted by atomic mass is 9.95. The maximum Gasteiger partial charge on any atom is 0.315 e. The second kappa shape index (κ2) is 8.47. The number of halogens is 1. The fourth-order valence-electron chi connectivity index (χ4n) is 3.88. The molecule has 2 N–H and O–H groups in total. The van der Waals surface area contributed by atoms with Crippen LogP contribution in [0.5, 0.6) is 0 Å². The Hall–Kier alpha value is -1.62. The number of carbonyl (C=O) groups is 1. The Labute approximate surface area is 143 Å². The number of rotatable bonds is 5. The van der Waals surface area contributed by atoms with Crippen molar-refractivity contribution in [2.75, 3.05) is 19.6 Å². The molecule has 1 aromatic carbocycles. The van der Waals surface area contributed by atoms with Gasteiger partial charge in [0.1, 0.15) is 5.82 Å². The van der Waals surface area contributed by atoms with Gasteiger partial charge in [-0.2, -0.15) is 0 Å². The van der Waals surface area contributed by atoms with E-state index in [1.165, 1.54) is 63.7 Å². The van der Waals surface area contributed by atoms with E-state index in [1.54, 1.807) is 12.1 Å². The lowest BCUT2D eigenvalue weighted by molar-refractivity contribution is 0.133. The average molecular weight is 333 g/mol. The van der Waals surface area contributed by atoms with Gasteiger partial charge in [-0.25, -0.2) is 9.18 Å². The van der Waals surface area contributed by atoms with Crippen molar-refractivity contribution in [1.82, 2.24) is 15.5 Å². The van der Waals surface area contributed by atoms with Crippen molar-refractivity contribution in [2.45, 2.75) is 51.1 Å². The fraction of sp³-hybridized carbons (Fsp3) is 0.632. The highest BCUT2D eigenvalue weighted by atomic mass is 19.1. The molecule has 1 aromatic rings. The number of hydrogen-bond donors (Lipinski definition) is 2. The molecule has 132 valence electrons. The van der Waals surface area contributed by atoms with E-state index < -0.39 is 0 Å². The maximum atomic E-state index is 12.8. The number of urea groups is 1. The molecular formula is C19H28FN3O. The van der Waals surface area contributed by atoms with Crippen LogP contribution in [0.3, 0.4) is 0 Å². The van der Waals surface area contributed by atoms with Crippen LogP contribution >= 0.6 is 0 Å². The molecule has 1 aliphatic carbocycles. The Kier molecular flexibility index (Phi) is 6.07. The van der Waals surface area contributed by atoms with Crippen molar-refractivity contribution in [3.63, 3.8) is 0 Å². The van der Waals surface area contributed by atoms with E-state index in [9.17, 15) is 9.18 Å². The first-order valence-electron chi connectivity index (χ1n) is 9.21. The smallest absolute Gasteiger partial charge is 0.315 e. The van der Waals surface area contributed by atoms with Crippen LogP contribution in [0.15, 0.2) is 24.3 Å². The lowest BCUT2D eigenvalue weighted by Crippen LogP contribution is -2.44. The van der Waals surface area contributed by atoms with E-state index in [-0.39, 0.29) is 11.8 Å². The summed E-state index contributed by atoms with van der Waals surface area (Å²) in [6, 6.07) is 6.87. The summed E-state index contributed by atoms with van der Waals surface area (Å²) >= 11 is 0. The largest absolute Gasteiger partial charge is 0.338 e. The normalized spacial score (nSPS) is 20.2. The second-order valence-electron chi connectivity index (χ2n) is 7.11. The molecule has 2 amide bonds. The summed E-state index contributed by atoms with van der Waals surface area (Å²) in [6.07, 6.45) is 7.87. The zero-order valence-corrected chi connectivity index (χ0v) is 14.3. The van der Waals surface area contributed by atoms with Gasteiger partial charge in [-0.05, 0) is 62.4 Å². The minimum atomic E-state index is -0.257. The molecule has 2 aliphatic rings. The monoisotopic (exact) mass is 333 g/mol. The molecular weight excluding hydrogens is 305 g/mol. The molecule has 0 radical (unpaired) electrons. The van der Waals surface area contributed by atoms with Crippen molar-refractivity contribution in [2.24, 2.45) is 5.92 Å². The molecule has 24 heavy (non-hydrogen) atoms. The van der Waals surface area contributed by atoms with Gasteiger partial charge in [0.2, 0.25) is 0 Å². The number of piperidine rings is 1. The maximum absolute atomic E-state index is 12.8. The third kappa shape index (κ3) is 4.94. The van der Waals surface area contributed by atoms with Crippen LogP contribution in [0, 0.1) is 11.7 Å². The van der Waals surface area contributed by atoms with E-state index in [1.807, 2.05) is 0 Å². The molecule has 1 heterocycles. The van der Waals surface area contributed by atoms with Crippen molar-refractivity contribution < 1.29 is 9.18 Å². The van der Waals surface area contributed by atoms with Crippen molar-refractivity contribution in [3.8, 4) is 0 Å². The standard InChI is InChI=1S/C19H28FN3O/c20-17-7-5-15(6-8-17)13-21-19(24)22-14-16-9-11-23(12-10-16)18-3-1-2-4-18/h5-8,16,18H,1-4,9-14H2,(H2,21,22,24). The van der Waals surface area contributed by atoms with Crippen LogP contribution in [-0.4, -0.2) is 36.6 Å². The highest BCUT2D eigenvalue weighted by Gasteiger charge is 2.27. The predicted octanol–water partition coefficient (Wildman–Crippen LogP) is 3.28. The number of nitrogens with zero attached hydrogens (tertiary/aromatic N) is 1. The van der Waals surface area contributed by atoms with E-state index >= 15 is 0 Å². The average Bonchev–Trinajstić information content (AvgIpc) is 3.14. The molecule has 0 atom stereocenters. The van der Waals surface area contributed by atoms with Crippen molar-refractivity contribution >= 4 is 6.03 Å². The van der Waals surface area contributed by atoms with E-state index in [0.717, 1.165) is 18.2 Å². The molecule has 0 spiro atoms. The van der Waals surface area contributed by atoms with Gasteiger partial charge in [-0.1, -0.05) is 25.0 Å². The summed E-state index contributed by atoms with van der Waals surface area (Å²) in [4.78, 5) is 14.5. The van der Waals surface area contributed by atoms with E-state index in [0.29, 0.717) is 12.5 Å². The van der Waals surface area contributed by atoms with E-state index in [2.05, 4.69) is 15.5 Å². The van der Waals surface area contributed by atoms with Gasteiger partial charge in [-0.15, -0.1) is 0 Å². The summed E-state index contributed by atoms with van der Waals surface area (Å²) in [6.45, 7) is 3.52. The molecule has 2 fully saturated rings. The quantitative estimate of drug-likeness (QED) is 0.868. The number of benzene rings is 1. The summed E-state index contributed by atoms with van der Waals surface area (Å²) in [5, 5.41) is 5.80. The van der Waals surface area contributed by atoms with Gasteiger partial charge in [0, 0.05) is 19.1 Å². The predicted molar refractivity (Wildman–Crippen MR) is 93.2 cm³/mol. The summed E-state index contributed by atoms with van der Waals surface area (Å²) in [5.41, 5.74) is 0.899. The highest BCUT2D eigenvalue weighted by Crippen LogP contribution is 2.27. The number of nitrogens with one attached hydrogen (secondary N) is 2. The minimum absolute atomic E-state index is 0.141. The first kappa shape index (κ1) is 17.2. The van der Waals surface area contributed by atoms with Crippen LogP contribution in [-0.2, 0) is 6.54 Å². The SMILES string of the molecule is O=C(NCc1ccc(F)cc1)NCC1CCN(C2CCCC2)CC1. The van der Waals surface area contributed by atoms with Gasteiger partial charge in [0.15, 0.2) is 0 Å². The van der Waals surface area contributed by atoms with Crippen LogP contribution < -0.4 is 10.6 Å². The molecule has 0 bridgehead atoms. The first-order chi connectivity index (χ1) is 11.7. The van der Waals surface area contributed by atoms with Gasteiger partial charge >= 0.3 is 6.03 Å². The van der Waals surface area contributed by atoms with Crippen LogP contribution in [0.2, 0.25) is 0 Å². The molecule has 5 heteroatoms. The molecule has 3 rings (SSSR count). The molecule has 1 saturated heterocycles. The zero-order valence-electron chi connectivity index (χ0n) is 14.3. The minimum Gasteiger partial charge on any atom is -0.338 e. The Balaban J connectivity index is 1.31. The third-order valence-corrected chi connectivity index (χ3v) is 5.41. The molecule has 1 saturated carbocycles. The first-order valence-corrected chi connectivity index (χ1v) is 9.21. The van der Waals surface area contributed by atoms with E-state index in [4.69, 9.17) is 0 Å². The number of amides is 2. The summed E-state index contributed by atoms with van der Waals surface area (Å²) in [7, 11) is 0. The zero-order chi connectivity index (χ0) is 16.8. The van der Waals surface area contributed by atoms with Gasteiger partial charge in [0.25, 0.3) is 0 Å². The topological polar surface area (TPSA) is 44.4 Å². The Morgan fingerprint density at radius 2 is 1.71 bits per heavy atom. The number of carbonyl (C=O) groups excluding carboxylic acids is 1. The van der Waals surface area contributed by atoms with Crippen LogP contribution in [0.25, 0.3) is 0 Å². The fourth-order valence-corrected chi connectivity index (χ4v) is 3.88. The highest BCUT2D eigenvalue weighted by molar-refractivity contribution is 5.73. The van der Waals surface area contributed by atoms with Crippen LogP contribution in [0.1, 0.15) is 44.1 Å². The molecule has 1 aliphatic heterocycles. The van der Waals surface area contributed by atoms with Crippen molar-refractivity contribution in [1.29, 1.82) is 0 Å². The second-order valence-corrected chi connectivity index (χ2v) is 7.11.